The average molecular weight is 209 g/mol. The Hall–Kier alpha value is -1.10. The molecule has 0 saturated carbocycles. The van der Waals surface area contributed by atoms with Crippen molar-refractivity contribution in [2.75, 3.05) is 13.1 Å². The maximum atomic E-state index is 9.36. The lowest BCUT2D eigenvalue weighted by atomic mass is 10.2. The quantitative estimate of drug-likeness (QED) is 0.638. The molecule has 0 aliphatic carbocycles. The van der Waals surface area contributed by atoms with Gasteiger partial charge in [0.15, 0.2) is 0 Å². The number of hydrogen-bond donors (Lipinski definition) is 3. The van der Waals surface area contributed by atoms with Crippen LogP contribution in [0.3, 0.4) is 0 Å². The minimum atomic E-state index is -0.651. The molecule has 4 heteroatoms. The number of aliphatic hydroxyl groups excluding tert-OH is 2. The molecule has 4 nitrogen and oxygen atoms in total. The molecule has 0 spiro atoms. The monoisotopic (exact) mass is 209 g/mol. The van der Waals surface area contributed by atoms with E-state index >= 15 is 0 Å². The molecular weight excluding hydrogens is 194 g/mol. The molecule has 1 aliphatic heterocycles. The molecule has 1 aromatic carbocycles. The molecule has 0 aromatic heterocycles. The average Bonchev–Trinajstić information content (AvgIpc) is 2.45. The summed E-state index contributed by atoms with van der Waals surface area (Å²) in [4.78, 5) is 1.96. The summed E-state index contributed by atoms with van der Waals surface area (Å²) < 4.78 is 0. The fraction of sp³-hybridized carbons (Fsp3) is 0.455. The zero-order valence-corrected chi connectivity index (χ0v) is 8.37. The van der Waals surface area contributed by atoms with Crippen LogP contribution < -0.4 is 0 Å². The third kappa shape index (κ3) is 2.47. The van der Waals surface area contributed by atoms with Crippen molar-refractivity contribution in [2.24, 2.45) is 0 Å². The van der Waals surface area contributed by atoms with Crippen LogP contribution in [0.4, 0.5) is 0 Å². The number of phenolic OH excluding ortho intramolecular Hbond substituents is 1. The van der Waals surface area contributed by atoms with Gasteiger partial charge in [-0.3, -0.25) is 4.90 Å². The van der Waals surface area contributed by atoms with Crippen molar-refractivity contribution in [1.82, 2.24) is 4.90 Å². The van der Waals surface area contributed by atoms with Gasteiger partial charge in [0, 0.05) is 19.6 Å². The van der Waals surface area contributed by atoms with Crippen LogP contribution in [0.1, 0.15) is 5.56 Å². The number of rotatable bonds is 2. The molecular formula is C11H15NO3. The summed E-state index contributed by atoms with van der Waals surface area (Å²) in [5.74, 6) is 0.243. The minimum Gasteiger partial charge on any atom is -0.508 e. The predicted molar refractivity (Wildman–Crippen MR) is 55.4 cm³/mol. The van der Waals surface area contributed by atoms with E-state index in [1.54, 1.807) is 18.2 Å². The largest absolute Gasteiger partial charge is 0.508 e. The Morgan fingerprint density at radius 3 is 2.47 bits per heavy atom. The zero-order chi connectivity index (χ0) is 10.8. The van der Waals surface area contributed by atoms with Gasteiger partial charge in [-0.25, -0.2) is 0 Å². The third-order valence-electron chi connectivity index (χ3n) is 2.65. The van der Waals surface area contributed by atoms with Crippen LogP contribution in [0.25, 0.3) is 0 Å². The summed E-state index contributed by atoms with van der Waals surface area (Å²) in [5, 5.41) is 28.0. The second-order valence-electron chi connectivity index (χ2n) is 4.00. The van der Waals surface area contributed by atoms with E-state index in [9.17, 15) is 15.3 Å². The van der Waals surface area contributed by atoms with E-state index in [4.69, 9.17) is 0 Å². The smallest absolute Gasteiger partial charge is 0.115 e. The normalized spacial score (nSPS) is 27.1. The highest BCUT2D eigenvalue weighted by Gasteiger charge is 2.29. The van der Waals surface area contributed by atoms with E-state index in [-0.39, 0.29) is 5.75 Å². The predicted octanol–water partition coefficient (Wildman–Crippen LogP) is -0.0704. The van der Waals surface area contributed by atoms with Crippen molar-refractivity contribution < 1.29 is 15.3 Å². The van der Waals surface area contributed by atoms with Crippen LogP contribution in [-0.4, -0.2) is 45.5 Å². The highest BCUT2D eigenvalue weighted by Crippen LogP contribution is 2.16. The number of aliphatic hydroxyl groups is 2. The Kier molecular flexibility index (Phi) is 2.90. The standard InChI is InChI=1S/C11H15NO3/c13-9-3-1-2-8(4-9)5-12-6-10(14)11(15)7-12/h1-4,10-11,13-15H,5-7H2/t10-,11+. The molecule has 15 heavy (non-hydrogen) atoms. The molecule has 1 aromatic rings. The van der Waals surface area contributed by atoms with Gasteiger partial charge in [-0.15, -0.1) is 0 Å². The maximum Gasteiger partial charge on any atom is 0.115 e. The highest BCUT2D eigenvalue weighted by molar-refractivity contribution is 5.27. The van der Waals surface area contributed by atoms with Crippen molar-refractivity contribution in [2.45, 2.75) is 18.8 Å². The first-order valence-corrected chi connectivity index (χ1v) is 5.01. The van der Waals surface area contributed by atoms with Gasteiger partial charge in [0.25, 0.3) is 0 Å². The van der Waals surface area contributed by atoms with Crippen molar-refractivity contribution in [3.05, 3.63) is 29.8 Å². The van der Waals surface area contributed by atoms with E-state index in [1.807, 2.05) is 11.0 Å². The van der Waals surface area contributed by atoms with E-state index in [0.717, 1.165) is 5.56 Å². The van der Waals surface area contributed by atoms with Crippen molar-refractivity contribution in [1.29, 1.82) is 0 Å². The van der Waals surface area contributed by atoms with Crippen LogP contribution in [0.5, 0.6) is 5.75 Å². The van der Waals surface area contributed by atoms with E-state index in [2.05, 4.69) is 0 Å². The second-order valence-corrected chi connectivity index (χ2v) is 4.00. The van der Waals surface area contributed by atoms with Gasteiger partial charge < -0.3 is 15.3 Å². The first-order chi connectivity index (χ1) is 7.15. The van der Waals surface area contributed by atoms with Gasteiger partial charge in [0.05, 0.1) is 12.2 Å². The van der Waals surface area contributed by atoms with Crippen molar-refractivity contribution >= 4 is 0 Å². The lowest BCUT2D eigenvalue weighted by Gasteiger charge is -2.14. The van der Waals surface area contributed by atoms with Gasteiger partial charge in [0.1, 0.15) is 5.75 Å². The molecule has 0 unspecified atom stereocenters. The first-order valence-electron chi connectivity index (χ1n) is 5.01. The lowest BCUT2D eigenvalue weighted by Crippen LogP contribution is -2.22. The fourth-order valence-electron chi connectivity index (χ4n) is 1.89. The van der Waals surface area contributed by atoms with E-state index in [0.29, 0.717) is 19.6 Å². The Bertz CT molecular complexity index is 332. The summed E-state index contributed by atoms with van der Waals surface area (Å²) >= 11 is 0. The maximum absolute atomic E-state index is 9.36. The van der Waals surface area contributed by atoms with Crippen LogP contribution in [0, 0.1) is 0 Å². The summed E-state index contributed by atoms with van der Waals surface area (Å²) in [7, 11) is 0. The van der Waals surface area contributed by atoms with Gasteiger partial charge in [-0.05, 0) is 17.7 Å². The SMILES string of the molecule is Oc1cccc(CN2C[C@@H](O)[C@@H](O)C2)c1. The molecule has 2 rings (SSSR count). The molecule has 0 amide bonds. The Labute approximate surface area is 88.4 Å². The molecule has 2 atom stereocenters. The lowest BCUT2D eigenvalue weighted by molar-refractivity contribution is 0.0572. The number of β-amino-alcohol motifs (C(OH)–C–C–N with tert-alkyl or cyclic N) is 2. The molecule has 82 valence electrons. The Balaban J connectivity index is 1.98. The number of nitrogens with zero attached hydrogens (tertiary/aromatic N) is 1. The summed E-state index contributed by atoms with van der Waals surface area (Å²) in [6, 6.07) is 7.01. The number of aromatic hydroxyl groups is 1. The molecule has 3 N–H and O–H groups in total. The molecule has 1 aliphatic rings. The van der Waals surface area contributed by atoms with Crippen molar-refractivity contribution in [3.8, 4) is 5.75 Å². The third-order valence-corrected chi connectivity index (χ3v) is 2.65. The zero-order valence-electron chi connectivity index (χ0n) is 8.37. The van der Waals surface area contributed by atoms with Crippen LogP contribution in [0.15, 0.2) is 24.3 Å². The minimum absolute atomic E-state index is 0.243. The number of phenols is 1. The van der Waals surface area contributed by atoms with Gasteiger partial charge in [0.2, 0.25) is 0 Å². The van der Waals surface area contributed by atoms with Crippen LogP contribution >= 0.6 is 0 Å². The van der Waals surface area contributed by atoms with E-state index in [1.165, 1.54) is 0 Å². The molecule has 1 fully saturated rings. The molecule has 0 bridgehead atoms. The summed E-state index contributed by atoms with van der Waals surface area (Å²) in [6.07, 6.45) is -1.30. The van der Waals surface area contributed by atoms with Gasteiger partial charge >= 0.3 is 0 Å². The second kappa shape index (κ2) is 4.18. The summed E-state index contributed by atoms with van der Waals surface area (Å²) in [5.41, 5.74) is 0.983. The Morgan fingerprint density at radius 2 is 1.87 bits per heavy atom. The van der Waals surface area contributed by atoms with E-state index < -0.39 is 12.2 Å². The molecule has 0 radical (unpaired) electrons. The number of benzene rings is 1. The first kappa shape index (κ1) is 10.4. The molecule has 1 saturated heterocycles. The highest BCUT2D eigenvalue weighted by atomic mass is 16.3. The van der Waals surface area contributed by atoms with Crippen molar-refractivity contribution in [3.63, 3.8) is 0 Å². The number of likely N-dealkylation sites (tertiary alicyclic amines) is 1. The molecule has 1 heterocycles. The topological polar surface area (TPSA) is 63.9 Å². The van der Waals surface area contributed by atoms with Crippen LogP contribution in [-0.2, 0) is 6.54 Å². The Morgan fingerprint density at radius 1 is 1.20 bits per heavy atom. The van der Waals surface area contributed by atoms with Gasteiger partial charge in [-0.2, -0.15) is 0 Å². The van der Waals surface area contributed by atoms with Gasteiger partial charge in [-0.1, -0.05) is 12.1 Å². The fourth-order valence-corrected chi connectivity index (χ4v) is 1.89. The number of hydrogen-bond acceptors (Lipinski definition) is 4. The summed E-state index contributed by atoms with van der Waals surface area (Å²) in [6.45, 7) is 1.61. The van der Waals surface area contributed by atoms with Crippen LogP contribution in [0.2, 0.25) is 0 Å².